The lowest BCUT2D eigenvalue weighted by molar-refractivity contribution is -0.384. The Morgan fingerprint density at radius 1 is 1.40 bits per heavy atom. The highest BCUT2D eigenvalue weighted by Crippen LogP contribution is 2.21. The average molecular weight is 280 g/mol. The van der Waals surface area contributed by atoms with Gasteiger partial charge in [-0.05, 0) is 31.7 Å². The number of carbonyl (C=O) groups is 1. The van der Waals surface area contributed by atoms with E-state index in [4.69, 9.17) is 0 Å². The lowest BCUT2D eigenvalue weighted by Gasteiger charge is -2.26. The topological polar surface area (TPSA) is 117 Å². The third kappa shape index (κ3) is 3.64. The number of amides is 2. The third-order valence-electron chi connectivity index (χ3n) is 3.25. The lowest BCUT2D eigenvalue weighted by Crippen LogP contribution is -2.41. The molecule has 0 bridgehead atoms. The third-order valence-corrected chi connectivity index (χ3v) is 3.25. The highest BCUT2D eigenvalue weighted by atomic mass is 16.6. The van der Waals surface area contributed by atoms with E-state index >= 15 is 0 Å². The number of hydrogen-bond donors (Lipinski definition) is 3. The van der Waals surface area contributed by atoms with Crippen molar-refractivity contribution in [3.05, 3.63) is 28.4 Å². The van der Waals surface area contributed by atoms with Crippen LogP contribution in [0.15, 0.2) is 18.3 Å². The molecule has 0 saturated heterocycles. The van der Waals surface area contributed by atoms with Gasteiger partial charge in [0.15, 0.2) is 0 Å². The van der Waals surface area contributed by atoms with Crippen molar-refractivity contribution in [1.29, 1.82) is 0 Å². The molecule has 0 radical (unpaired) electrons. The van der Waals surface area contributed by atoms with Crippen molar-refractivity contribution in [3.63, 3.8) is 0 Å². The van der Waals surface area contributed by atoms with Crippen molar-refractivity contribution in [2.45, 2.75) is 37.8 Å². The lowest BCUT2D eigenvalue weighted by atomic mass is 9.93. The first-order valence-corrected chi connectivity index (χ1v) is 6.41. The maximum Gasteiger partial charge on any atom is 0.320 e. The van der Waals surface area contributed by atoms with Crippen LogP contribution >= 0.6 is 0 Å². The van der Waals surface area contributed by atoms with Crippen molar-refractivity contribution < 1.29 is 14.8 Å². The van der Waals surface area contributed by atoms with E-state index in [0.29, 0.717) is 25.7 Å². The smallest absolute Gasteiger partial charge is 0.320 e. The number of nitro groups is 1. The maximum absolute atomic E-state index is 11.8. The van der Waals surface area contributed by atoms with E-state index in [0.717, 1.165) is 0 Å². The predicted molar refractivity (Wildman–Crippen MR) is 71.3 cm³/mol. The highest BCUT2D eigenvalue weighted by molar-refractivity contribution is 5.90. The predicted octanol–water partition coefficient (Wildman–Crippen LogP) is 1.41. The molecule has 1 fully saturated rings. The van der Waals surface area contributed by atoms with Crippen LogP contribution in [0.3, 0.4) is 0 Å². The molecule has 108 valence electrons. The van der Waals surface area contributed by atoms with E-state index in [9.17, 15) is 20.0 Å². The Bertz CT molecular complexity index is 500. The molecule has 3 N–H and O–H groups in total. The summed E-state index contributed by atoms with van der Waals surface area (Å²) in [6.07, 6.45) is 3.76. The van der Waals surface area contributed by atoms with Crippen molar-refractivity contribution in [3.8, 4) is 0 Å². The molecule has 0 atom stereocenters. The normalized spacial score (nSPS) is 22.1. The Hall–Kier alpha value is -2.22. The zero-order valence-electron chi connectivity index (χ0n) is 10.8. The number of nitrogens with zero attached hydrogens (tertiary/aromatic N) is 2. The quantitative estimate of drug-likeness (QED) is 0.571. The Kier molecular flexibility index (Phi) is 4.46. The molecule has 1 aromatic heterocycles. The summed E-state index contributed by atoms with van der Waals surface area (Å²) in [5.74, 6) is -0.0779. The Labute approximate surface area is 115 Å². The van der Waals surface area contributed by atoms with Gasteiger partial charge in [-0.3, -0.25) is 15.4 Å². The Balaban J connectivity index is 1.93. The highest BCUT2D eigenvalue weighted by Gasteiger charge is 2.22. The second-order valence-electron chi connectivity index (χ2n) is 4.73. The van der Waals surface area contributed by atoms with Gasteiger partial charge in [-0.2, -0.15) is 0 Å². The molecule has 2 rings (SSSR count). The number of aromatic nitrogens is 1. The molecule has 20 heavy (non-hydrogen) atoms. The summed E-state index contributed by atoms with van der Waals surface area (Å²) in [5, 5.41) is 25.3. The molecular weight excluding hydrogens is 264 g/mol. The van der Waals surface area contributed by atoms with E-state index in [2.05, 4.69) is 15.6 Å². The number of anilines is 1. The fourth-order valence-electron chi connectivity index (χ4n) is 2.19. The van der Waals surface area contributed by atoms with Crippen LogP contribution in [-0.2, 0) is 0 Å². The molecule has 1 saturated carbocycles. The van der Waals surface area contributed by atoms with Gasteiger partial charge in [0.25, 0.3) is 0 Å². The molecule has 8 heteroatoms. The van der Waals surface area contributed by atoms with Gasteiger partial charge in [0.1, 0.15) is 0 Å². The van der Waals surface area contributed by atoms with Gasteiger partial charge < -0.3 is 10.4 Å². The second kappa shape index (κ2) is 6.29. The Morgan fingerprint density at radius 2 is 2.10 bits per heavy atom. The Morgan fingerprint density at radius 3 is 2.75 bits per heavy atom. The SMILES string of the molecule is O=C(Nc1ncccc1[N+](=O)[O-])NC1CCC(O)CC1. The van der Waals surface area contributed by atoms with Crippen molar-refractivity contribution in [2.75, 3.05) is 5.32 Å². The van der Waals surface area contributed by atoms with Crippen molar-refractivity contribution in [2.24, 2.45) is 0 Å². The molecule has 1 aliphatic carbocycles. The summed E-state index contributed by atoms with van der Waals surface area (Å²) in [4.78, 5) is 25.8. The maximum atomic E-state index is 11.8. The minimum Gasteiger partial charge on any atom is -0.393 e. The van der Waals surface area contributed by atoms with Gasteiger partial charge in [-0.15, -0.1) is 0 Å². The first-order chi connectivity index (χ1) is 9.56. The van der Waals surface area contributed by atoms with Crippen LogP contribution in [0.2, 0.25) is 0 Å². The van der Waals surface area contributed by atoms with Crippen molar-refractivity contribution >= 4 is 17.5 Å². The molecule has 0 unspecified atom stereocenters. The number of carbonyl (C=O) groups excluding carboxylic acids is 1. The van der Waals surface area contributed by atoms with Crippen LogP contribution in [0.4, 0.5) is 16.3 Å². The van der Waals surface area contributed by atoms with Gasteiger partial charge in [-0.25, -0.2) is 9.78 Å². The molecule has 8 nitrogen and oxygen atoms in total. The molecular formula is C12H16N4O4. The molecule has 0 aliphatic heterocycles. The molecule has 1 aliphatic rings. The van der Waals surface area contributed by atoms with Gasteiger partial charge in [0.2, 0.25) is 5.82 Å². The summed E-state index contributed by atoms with van der Waals surface area (Å²) in [5.41, 5.74) is -0.248. The van der Waals surface area contributed by atoms with Gasteiger partial charge in [0.05, 0.1) is 11.0 Å². The number of aliphatic hydroxyl groups is 1. The average Bonchev–Trinajstić information content (AvgIpc) is 2.41. The minimum absolute atomic E-state index is 0.0267. The first kappa shape index (κ1) is 14.2. The second-order valence-corrected chi connectivity index (χ2v) is 4.73. The van der Waals surface area contributed by atoms with Gasteiger partial charge >= 0.3 is 11.7 Å². The number of aliphatic hydroxyl groups excluding tert-OH is 1. The zero-order chi connectivity index (χ0) is 14.5. The van der Waals surface area contributed by atoms with E-state index in [1.165, 1.54) is 18.3 Å². The van der Waals surface area contributed by atoms with Gasteiger partial charge in [0, 0.05) is 18.3 Å². The van der Waals surface area contributed by atoms with Crippen LogP contribution in [0, 0.1) is 10.1 Å². The van der Waals surface area contributed by atoms with Gasteiger partial charge in [-0.1, -0.05) is 0 Å². The number of pyridine rings is 1. The molecule has 1 aromatic rings. The molecule has 0 spiro atoms. The minimum atomic E-state index is -0.598. The number of hydrogen-bond acceptors (Lipinski definition) is 5. The standard InChI is InChI=1S/C12H16N4O4/c17-9-5-3-8(4-6-9)14-12(18)15-11-10(16(19)20)2-1-7-13-11/h1-2,7-9,17H,3-6H2,(H2,13,14,15,18). The summed E-state index contributed by atoms with van der Waals surface area (Å²) in [7, 11) is 0. The summed E-state index contributed by atoms with van der Waals surface area (Å²) in [6, 6.07) is 2.16. The van der Waals surface area contributed by atoms with Crippen LogP contribution < -0.4 is 10.6 Å². The summed E-state index contributed by atoms with van der Waals surface area (Å²) < 4.78 is 0. The van der Waals surface area contributed by atoms with Crippen LogP contribution in [0.5, 0.6) is 0 Å². The van der Waals surface area contributed by atoms with Crippen LogP contribution in [0.1, 0.15) is 25.7 Å². The van der Waals surface area contributed by atoms with Crippen molar-refractivity contribution in [1.82, 2.24) is 10.3 Å². The number of nitrogens with one attached hydrogen (secondary N) is 2. The number of rotatable bonds is 3. The molecule has 0 aromatic carbocycles. The van der Waals surface area contributed by atoms with E-state index < -0.39 is 11.0 Å². The zero-order valence-corrected chi connectivity index (χ0v) is 10.8. The van der Waals surface area contributed by atoms with Crippen LogP contribution in [-0.4, -0.2) is 33.2 Å². The van der Waals surface area contributed by atoms with E-state index in [1.807, 2.05) is 0 Å². The number of urea groups is 1. The fourth-order valence-corrected chi connectivity index (χ4v) is 2.19. The summed E-state index contributed by atoms with van der Waals surface area (Å²) in [6.45, 7) is 0. The molecule has 1 heterocycles. The largest absolute Gasteiger partial charge is 0.393 e. The van der Waals surface area contributed by atoms with Crippen LogP contribution in [0.25, 0.3) is 0 Å². The molecule has 2 amide bonds. The monoisotopic (exact) mass is 280 g/mol. The van der Waals surface area contributed by atoms with E-state index in [-0.39, 0.29) is 23.7 Å². The first-order valence-electron chi connectivity index (χ1n) is 6.41. The fraction of sp³-hybridized carbons (Fsp3) is 0.500. The van der Waals surface area contributed by atoms with E-state index in [1.54, 1.807) is 0 Å². The summed E-state index contributed by atoms with van der Waals surface area (Å²) >= 11 is 0.